The Morgan fingerprint density at radius 3 is 2.89 bits per heavy atom. The smallest absolute Gasteiger partial charge is 0.226 e. The lowest BCUT2D eigenvalue weighted by molar-refractivity contribution is -0.116. The predicted octanol–water partition coefficient (Wildman–Crippen LogP) is 4.09. The zero-order valence-electron chi connectivity index (χ0n) is 15.0. The van der Waals surface area contributed by atoms with Crippen molar-refractivity contribution in [3.63, 3.8) is 0 Å². The van der Waals surface area contributed by atoms with Gasteiger partial charge in [-0.25, -0.2) is 4.39 Å². The number of carbonyl (C=O) groups is 1. The molecule has 3 aromatic rings. The lowest BCUT2D eigenvalue weighted by Gasteiger charge is -2.11. The van der Waals surface area contributed by atoms with Gasteiger partial charge in [0.2, 0.25) is 5.91 Å². The fourth-order valence-electron chi connectivity index (χ4n) is 2.72. The van der Waals surface area contributed by atoms with E-state index in [2.05, 4.69) is 15.5 Å². The van der Waals surface area contributed by atoms with Crippen LogP contribution in [0.25, 0.3) is 11.4 Å². The van der Waals surface area contributed by atoms with Crippen LogP contribution in [0.5, 0.6) is 5.75 Å². The molecule has 0 radical (unpaired) electrons. The first-order valence-corrected chi connectivity index (χ1v) is 8.74. The number of benzene rings is 2. The molecule has 0 bridgehead atoms. The highest BCUT2D eigenvalue weighted by atomic mass is 32.1. The largest absolute Gasteiger partial charge is 0.494 e. The summed E-state index contributed by atoms with van der Waals surface area (Å²) in [7, 11) is 1.42. The number of aromatic amines is 1. The summed E-state index contributed by atoms with van der Waals surface area (Å²) in [5, 5.41) is 9.78. The molecule has 2 N–H and O–H groups in total. The molecule has 0 aliphatic heterocycles. The number of halogens is 1. The van der Waals surface area contributed by atoms with Crippen LogP contribution in [0.4, 0.5) is 10.1 Å². The summed E-state index contributed by atoms with van der Waals surface area (Å²) in [5.41, 5.74) is 2.44. The summed E-state index contributed by atoms with van der Waals surface area (Å²) in [6, 6.07) is 11.8. The molecule has 1 amide bonds. The second kappa shape index (κ2) is 8.13. The first-order chi connectivity index (χ1) is 13.0. The van der Waals surface area contributed by atoms with Gasteiger partial charge in [0.15, 0.2) is 10.6 Å². The van der Waals surface area contributed by atoms with Crippen molar-refractivity contribution < 1.29 is 13.9 Å². The number of rotatable bonds is 6. The normalized spacial score (nSPS) is 10.6. The molecule has 0 saturated heterocycles. The van der Waals surface area contributed by atoms with Crippen molar-refractivity contribution in [3.8, 4) is 17.1 Å². The standard InChI is InChI=1S/C19H19FN4O2S/c1-12-4-3-5-13(10-12)18-22-23-19(27)24(18)9-8-17(25)21-15-7-6-14(20)11-16(15)26-2/h3-7,10-11H,8-9H2,1-2H3,(H,21,25)(H,23,27). The van der Waals surface area contributed by atoms with E-state index in [0.717, 1.165) is 11.1 Å². The molecule has 3 rings (SSSR count). The van der Waals surface area contributed by atoms with Gasteiger partial charge in [-0.15, -0.1) is 0 Å². The lowest BCUT2D eigenvalue weighted by Crippen LogP contribution is -2.15. The van der Waals surface area contributed by atoms with E-state index in [0.29, 0.717) is 22.8 Å². The number of nitrogens with one attached hydrogen (secondary N) is 2. The Kier molecular flexibility index (Phi) is 5.66. The van der Waals surface area contributed by atoms with Gasteiger partial charge in [-0.1, -0.05) is 23.8 Å². The van der Waals surface area contributed by atoms with Gasteiger partial charge in [0.1, 0.15) is 11.6 Å². The van der Waals surface area contributed by atoms with Crippen LogP contribution < -0.4 is 10.1 Å². The van der Waals surface area contributed by atoms with Crippen molar-refractivity contribution in [2.24, 2.45) is 0 Å². The van der Waals surface area contributed by atoms with Crippen LogP contribution in [0, 0.1) is 17.5 Å². The number of aryl methyl sites for hydroxylation is 1. The molecule has 0 spiro atoms. The summed E-state index contributed by atoms with van der Waals surface area (Å²) in [6.45, 7) is 2.35. The van der Waals surface area contributed by atoms with E-state index in [1.165, 1.54) is 25.3 Å². The van der Waals surface area contributed by atoms with Gasteiger partial charge in [-0.3, -0.25) is 14.5 Å². The number of nitrogens with zero attached hydrogens (tertiary/aromatic N) is 2. The minimum Gasteiger partial charge on any atom is -0.494 e. The van der Waals surface area contributed by atoms with E-state index in [1.54, 1.807) is 4.57 Å². The number of aromatic nitrogens is 3. The summed E-state index contributed by atoms with van der Waals surface area (Å²) in [4.78, 5) is 12.3. The maximum atomic E-state index is 13.3. The van der Waals surface area contributed by atoms with Crippen molar-refractivity contribution >= 4 is 23.8 Å². The number of hydrogen-bond donors (Lipinski definition) is 2. The molecule has 0 fully saturated rings. The number of carbonyl (C=O) groups excluding carboxylic acids is 1. The molecule has 140 valence electrons. The second-order valence-corrected chi connectivity index (χ2v) is 6.40. The molecular formula is C19H19FN4O2S. The Balaban J connectivity index is 1.73. The third-order valence-electron chi connectivity index (χ3n) is 4.03. The quantitative estimate of drug-likeness (QED) is 0.626. The van der Waals surface area contributed by atoms with E-state index in [4.69, 9.17) is 17.0 Å². The molecule has 0 atom stereocenters. The van der Waals surface area contributed by atoms with Crippen LogP contribution in [0.2, 0.25) is 0 Å². The summed E-state index contributed by atoms with van der Waals surface area (Å²) in [6.07, 6.45) is 0.174. The predicted molar refractivity (Wildman–Crippen MR) is 104 cm³/mol. The molecule has 8 heteroatoms. The van der Waals surface area contributed by atoms with Gasteiger partial charge in [-0.05, 0) is 37.3 Å². The van der Waals surface area contributed by atoms with E-state index in [1.807, 2.05) is 31.2 Å². The van der Waals surface area contributed by atoms with Crippen molar-refractivity contribution in [2.45, 2.75) is 19.9 Å². The summed E-state index contributed by atoms with van der Waals surface area (Å²) in [5.74, 6) is 0.273. The Labute approximate surface area is 161 Å². The van der Waals surface area contributed by atoms with E-state index in [9.17, 15) is 9.18 Å². The average Bonchev–Trinajstić information content (AvgIpc) is 3.02. The number of anilines is 1. The highest BCUT2D eigenvalue weighted by Gasteiger charge is 2.12. The zero-order chi connectivity index (χ0) is 19.4. The monoisotopic (exact) mass is 386 g/mol. The van der Waals surface area contributed by atoms with E-state index in [-0.39, 0.29) is 18.1 Å². The third kappa shape index (κ3) is 4.40. The Hall–Kier alpha value is -3.00. The van der Waals surface area contributed by atoms with Crippen LogP contribution in [0.15, 0.2) is 42.5 Å². The molecule has 2 aromatic carbocycles. The van der Waals surface area contributed by atoms with Crippen LogP contribution >= 0.6 is 12.2 Å². The minimum atomic E-state index is -0.433. The molecular weight excluding hydrogens is 367 g/mol. The third-order valence-corrected chi connectivity index (χ3v) is 4.35. The molecule has 27 heavy (non-hydrogen) atoms. The SMILES string of the molecule is COc1cc(F)ccc1NC(=O)CCn1c(-c2cccc(C)c2)n[nH]c1=S. The Morgan fingerprint density at radius 1 is 1.33 bits per heavy atom. The minimum absolute atomic E-state index is 0.174. The van der Waals surface area contributed by atoms with Crippen molar-refractivity contribution in [1.29, 1.82) is 0 Å². The first-order valence-electron chi connectivity index (χ1n) is 8.33. The Morgan fingerprint density at radius 2 is 2.15 bits per heavy atom. The van der Waals surface area contributed by atoms with Gasteiger partial charge in [-0.2, -0.15) is 5.10 Å². The fourth-order valence-corrected chi connectivity index (χ4v) is 2.95. The summed E-state index contributed by atoms with van der Waals surface area (Å²) >= 11 is 5.29. The maximum absolute atomic E-state index is 13.3. The van der Waals surface area contributed by atoms with Crippen LogP contribution in [-0.4, -0.2) is 27.8 Å². The lowest BCUT2D eigenvalue weighted by atomic mass is 10.1. The zero-order valence-corrected chi connectivity index (χ0v) is 15.8. The molecule has 1 heterocycles. The average molecular weight is 386 g/mol. The van der Waals surface area contributed by atoms with Gasteiger partial charge in [0.05, 0.1) is 12.8 Å². The molecule has 0 unspecified atom stereocenters. The van der Waals surface area contributed by atoms with Gasteiger partial charge >= 0.3 is 0 Å². The number of amides is 1. The first kappa shape index (κ1) is 18.8. The number of H-pyrrole nitrogens is 1. The van der Waals surface area contributed by atoms with Crippen molar-refractivity contribution in [1.82, 2.24) is 14.8 Å². The van der Waals surface area contributed by atoms with Crippen LogP contribution in [0.3, 0.4) is 0 Å². The molecule has 0 saturated carbocycles. The number of methoxy groups -OCH3 is 1. The molecule has 1 aromatic heterocycles. The van der Waals surface area contributed by atoms with Gasteiger partial charge in [0, 0.05) is 24.6 Å². The van der Waals surface area contributed by atoms with E-state index >= 15 is 0 Å². The topological polar surface area (TPSA) is 71.9 Å². The highest BCUT2D eigenvalue weighted by Crippen LogP contribution is 2.25. The van der Waals surface area contributed by atoms with Crippen LogP contribution in [0.1, 0.15) is 12.0 Å². The van der Waals surface area contributed by atoms with E-state index < -0.39 is 5.82 Å². The van der Waals surface area contributed by atoms with Gasteiger partial charge in [0.25, 0.3) is 0 Å². The molecule has 0 aliphatic carbocycles. The van der Waals surface area contributed by atoms with Crippen molar-refractivity contribution in [2.75, 3.05) is 12.4 Å². The van der Waals surface area contributed by atoms with Crippen LogP contribution in [-0.2, 0) is 11.3 Å². The van der Waals surface area contributed by atoms with Gasteiger partial charge < -0.3 is 10.1 Å². The number of hydrogen-bond acceptors (Lipinski definition) is 4. The molecule has 0 aliphatic rings. The second-order valence-electron chi connectivity index (χ2n) is 6.02. The molecule has 6 nitrogen and oxygen atoms in total. The number of ether oxygens (including phenoxy) is 1. The highest BCUT2D eigenvalue weighted by molar-refractivity contribution is 7.71. The fraction of sp³-hybridized carbons (Fsp3) is 0.211. The maximum Gasteiger partial charge on any atom is 0.226 e. The summed E-state index contributed by atoms with van der Waals surface area (Å²) < 4.78 is 20.6. The van der Waals surface area contributed by atoms with Crippen molar-refractivity contribution in [3.05, 3.63) is 58.6 Å². The Bertz CT molecular complexity index is 1030.